The topological polar surface area (TPSA) is 101 Å². The molecule has 0 bridgehead atoms. The number of nitrogens with zero attached hydrogens (tertiary/aromatic N) is 5. The SMILES string of the molecule is CCNC(=NCC(C)Oc1cccc(C)c1)NCCNc1ncnc2c1cnn2C. The van der Waals surface area contributed by atoms with Crippen LogP contribution in [0.3, 0.4) is 0 Å². The second-order valence-electron chi connectivity index (χ2n) is 7.05. The van der Waals surface area contributed by atoms with E-state index in [1.165, 1.54) is 5.56 Å². The molecule has 9 heteroatoms. The molecule has 0 saturated carbocycles. The molecule has 0 fully saturated rings. The molecule has 160 valence electrons. The van der Waals surface area contributed by atoms with Crippen LogP contribution in [0.25, 0.3) is 11.0 Å². The van der Waals surface area contributed by atoms with Gasteiger partial charge in [-0.1, -0.05) is 12.1 Å². The Morgan fingerprint density at radius 2 is 2.10 bits per heavy atom. The zero-order valence-corrected chi connectivity index (χ0v) is 18.0. The Morgan fingerprint density at radius 1 is 1.23 bits per heavy atom. The van der Waals surface area contributed by atoms with Crippen LogP contribution in [0.5, 0.6) is 5.75 Å². The molecule has 0 aliphatic carbocycles. The summed E-state index contributed by atoms with van der Waals surface area (Å²) in [4.78, 5) is 13.2. The van der Waals surface area contributed by atoms with Gasteiger partial charge in [0, 0.05) is 26.7 Å². The van der Waals surface area contributed by atoms with E-state index in [4.69, 9.17) is 4.74 Å². The number of hydrogen-bond donors (Lipinski definition) is 3. The number of aromatic nitrogens is 4. The van der Waals surface area contributed by atoms with Crippen LogP contribution in [0.15, 0.2) is 41.8 Å². The first-order valence-corrected chi connectivity index (χ1v) is 10.2. The van der Waals surface area contributed by atoms with Gasteiger partial charge in [-0.05, 0) is 38.5 Å². The molecular formula is C21H30N8O. The summed E-state index contributed by atoms with van der Waals surface area (Å²) in [6.45, 7) is 8.82. The highest BCUT2D eigenvalue weighted by molar-refractivity contribution is 5.86. The van der Waals surface area contributed by atoms with E-state index in [9.17, 15) is 0 Å². The van der Waals surface area contributed by atoms with Crippen molar-refractivity contribution in [1.29, 1.82) is 0 Å². The van der Waals surface area contributed by atoms with Crippen molar-refractivity contribution in [3.63, 3.8) is 0 Å². The fourth-order valence-electron chi connectivity index (χ4n) is 2.98. The Bertz CT molecular complexity index is 984. The van der Waals surface area contributed by atoms with Crippen LogP contribution < -0.4 is 20.7 Å². The summed E-state index contributed by atoms with van der Waals surface area (Å²) in [5, 5.41) is 15.1. The lowest BCUT2D eigenvalue weighted by Crippen LogP contribution is -2.40. The molecule has 30 heavy (non-hydrogen) atoms. The maximum Gasteiger partial charge on any atom is 0.191 e. The summed E-state index contributed by atoms with van der Waals surface area (Å²) in [6.07, 6.45) is 3.29. The number of hydrogen-bond acceptors (Lipinski definition) is 6. The molecule has 0 saturated heterocycles. The lowest BCUT2D eigenvalue weighted by Gasteiger charge is -2.15. The first-order valence-electron chi connectivity index (χ1n) is 10.2. The van der Waals surface area contributed by atoms with Gasteiger partial charge < -0.3 is 20.7 Å². The van der Waals surface area contributed by atoms with E-state index in [1.807, 2.05) is 39.1 Å². The van der Waals surface area contributed by atoms with Gasteiger partial charge in [-0.25, -0.2) is 15.0 Å². The van der Waals surface area contributed by atoms with Gasteiger partial charge in [-0.3, -0.25) is 4.68 Å². The third-order valence-electron chi connectivity index (χ3n) is 4.42. The van der Waals surface area contributed by atoms with Crippen molar-refractivity contribution in [3.8, 4) is 5.75 Å². The van der Waals surface area contributed by atoms with E-state index < -0.39 is 0 Å². The van der Waals surface area contributed by atoms with Crippen LogP contribution in [0.2, 0.25) is 0 Å². The highest BCUT2D eigenvalue weighted by Gasteiger charge is 2.08. The summed E-state index contributed by atoms with van der Waals surface area (Å²) < 4.78 is 7.69. The van der Waals surface area contributed by atoms with Crippen LogP contribution in [0.4, 0.5) is 5.82 Å². The number of ether oxygens (including phenoxy) is 1. The lowest BCUT2D eigenvalue weighted by atomic mass is 10.2. The van der Waals surface area contributed by atoms with E-state index >= 15 is 0 Å². The standard InChI is InChI=1S/C21H30N8O/c1-5-22-21(25-12-16(3)30-17-8-6-7-15(2)11-17)24-10-9-23-19-18-13-28-29(4)20(18)27-14-26-19/h6-8,11,13-14,16H,5,9-10,12H2,1-4H3,(H2,22,24,25)(H,23,26,27). The smallest absolute Gasteiger partial charge is 0.191 e. The Morgan fingerprint density at radius 3 is 2.90 bits per heavy atom. The maximum absolute atomic E-state index is 5.95. The van der Waals surface area contributed by atoms with Crippen LogP contribution in [-0.4, -0.2) is 58.0 Å². The van der Waals surface area contributed by atoms with Crippen molar-refractivity contribution < 1.29 is 4.74 Å². The van der Waals surface area contributed by atoms with E-state index in [1.54, 1.807) is 17.2 Å². The number of aryl methyl sites for hydroxylation is 2. The van der Waals surface area contributed by atoms with Gasteiger partial charge in [0.2, 0.25) is 0 Å². The predicted molar refractivity (Wildman–Crippen MR) is 120 cm³/mol. The van der Waals surface area contributed by atoms with Gasteiger partial charge in [-0.2, -0.15) is 5.10 Å². The first kappa shape index (κ1) is 21.4. The molecule has 1 aromatic carbocycles. The monoisotopic (exact) mass is 410 g/mol. The molecule has 0 aliphatic heterocycles. The summed E-state index contributed by atoms with van der Waals surface area (Å²) in [5.74, 6) is 2.40. The van der Waals surface area contributed by atoms with Crippen molar-refractivity contribution in [3.05, 3.63) is 42.4 Å². The van der Waals surface area contributed by atoms with Gasteiger partial charge in [0.1, 0.15) is 24.0 Å². The number of rotatable bonds is 9. The molecule has 2 heterocycles. The summed E-state index contributed by atoms with van der Waals surface area (Å²) in [6, 6.07) is 8.05. The minimum Gasteiger partial charge on any atom is -0.489 e. The van der Waals surface area contributed by atoms with Crippen molar-refractivity contribution in [2.45, 2.75) is 26.9 Å². The second-order valence-corrected chi connectivity index (χ2v) is 7.05. The first-order chi connectivity index (χ1) is 14.6. The number of anilines is 1. The molecule has 1 atom stereocenters. The molecule has 2 aromatic heterocycles. The van der Waals surface area contributed by atoms with Crippen molar-refractivity contribution in [1.82, 2.24) is 30.4 Å². The molecule has 9 nitrogen and oxygen atoms in total. The predicted octanol–water partition coefficient (Wildman–Crippen LogP) is 2.11. The average molecular weight is 411 g/mol. The third kappa shape index (κ3) is 5.82. The zero-order chi connectivity index (χ0) is 21.3. The third-order valence-corrected chi connectivity index (χ3v) is 4.42. The Hall–Kier alpha value is -3.36. The fourth-order valence-corrected chi connectivity index (χ4v) is 2.98. The molecule has 3 N–H and O–H groups in total. The fraction of sp³-hybridized carbons (Fsp3) is 0.429. The average Bonchev–Trinajstić information content (AvgIpc) is 3.11. The summed E-state index contributed by atoms with van der Waals surface area (Å²) >= 11 is 0. The molecule has 0 amide bonds. The number of benzene rings is 1. The van der Waals surface area contributed by atoms with E-state index in [-0.39, 0.29) is 6.10 Å². The molecule has 1 unspecified atom stereocenters. The quantitative estimate of drug-likeness (QED) is 0.282. The Balaban J connectivity index is 1.48. The van der Waals surface area contributed by atoms with Crippen molar-refractivity contribution >= 4 is 22.8 Å². The highest BCUT2D eigenvalue weighted by atomic mass is 16.5. The molecule has 0 spiro atoms. The molecule has 0 radical (unpaired) electrons. The molecule has 0 aliphatic rings. The van der Waals surface area contributed by atoms with E-state index in [0.717, 1.165) is 35.1 Å². The number of nitrogens with one attached hydrogen (secondary N) is 3. The minimum atomic E-state index is -0.0275. The Labute approximate surface area is 177 Å². The normalized spacial score (nSPS) is 12.6. The second kappa shape index (κ2) is 10.4. The van der Waals surface area contributed by atoms with Crippen molar-refractivity contribution in [2.24, 2.45) is 12.0 Å². The van der Waals surface area contributed by atoms with Gasteiger partial charge in [0.05, 0.1) is 18.1 Å². The van der Waals surface area contributed by atoms with E-state index in [2.05, 4.69) is 49.0 Å². The number of aliphatic imine (C=N–C) groups is 1. The number of fused-ring (bicyclic) bond motifs is 1. The van der Waals surface area contributed by atoms with Crippen LogP contribution in [0.1, 0.15) is 19.4 Å². The van der Waals surface area contributed by atoms with Gasteiger partial charge in [0.25, 0.3) is 0 Å². The van der Waals surface area contributed by atoms with Crippen LogP contribution in [0, 0.1) is 6.92 Å². The van der Waals surface area contributed by atoms with Crippen LogP contribution in [-0.2, 0) is 7.05 Å². The largest absolute Gasteiger partial charge is 0.489 e. The Kier molecular flexibility index (Phi) is 7.42. The lowest BCUT2D eigenvalue weighted by molar-refractivity contribution is 0.230. The molecule has 3 aromatic rings. The summed E-state index contributed by atoms with van der Waals surface area (Å²) in [5.41, 5.74) is 1.98. The summed E-state index contributed by atoms with van der Waals surface area (Å²) in [7, 11) is 1.86. The van der Waals surface area contributed by atoms with Gasteiger partial charge in [-0.15, -0.1) is 0 Å². The molecule has 3 rings (SSSR count). The number of guanidine groups is 1. The van der Waals surface area contributed by atoms with E-state index in [0.29, 0.717) is 19.6 Å². The van der Waals surface area contributed by atoms with Gasteiger partial charge >= 0.3 is 0 Å². The zero-order valence-electron chi connectivity index (χ0n) is 18.0. The molecular weight excluding hydrogens is 380 g/mol. The minimum absolute atomic E-state index is 0.0275. The van der Waals surface area contributed by atoms with Crippen molar-refractivity contribution in [2.75, 3.05) is 31.5 Å². The maximum atomic E-state index is 5.95. The van der Waals surface area contributed by atoms with Crippen LogP contribution >= 0.6 is 0 Å². The van der Waals surface area contributed by atoms with Gasteiger partial charge in [0.15, 0.2) is 11.6 Å². The highest BCUT2D eigenvalue weighted by Crippen LogP contribution is 2.17.